The molecule has 1 N–H and O–H groups in total. The van der Waals surface area contributed by atoms with Crippen LogP contribution in [0.3, 0.4) is 0 Å². The van der Waals surface area contributed by atoms with Gasteiger partial charge in [-0.25, -0.2) is 4.39 Å². The Morgan fingerprint density at radius 1 is 1.38 bits per heavy atom. The molecule has 5 nitrogen and oxygen atoms in total. The van der Waals surface area contributed by atoms with Gasteiger partial charge in [0.15, 0.2) is 0 Å². The van der Waals surface area contributed by atoms with Crippen LogP contribution in [-0.4, -0.2) is 36.3 Å². The first kappa shape index (κ1) is 15.0. The summed E-state index contributed by atoms with van der Waals surface area (Å²) in [6.45, 7) is 0.918. The second kappa shape index (κ2) is 6.84. The number of hydrogen-bond acceptors (Lipinski definition) is 3. The van der Waals surface area contributed by atoms with Gasteiger partial charge in [-0.15, -0.1) is 0 Å². The quantitative estimate of drug-likeness (QED) is 0.853. The van der Waals surface area contributed by atoms with Crippen LogP contribution in [-0.2, 0) is 4.79 Å². The Balaban J connectivity index is 1.90. The standard InChI is InChI=1S/C15H16FN3O2/c16-13-3-1-2-12(10-13)15(21)19-8-4-11(5-9-19)14(20)18-7-6-17/h1-3,10-11H,4-5,7-9H2,(H,18,20). The van der Waals surface area contributed by atoms with Gasteiger partial charge >= 0.3 is 0 Å². The van der Waals surface area contributed by atoms with Gasteiger partial charge in [0.05, 0.1) is 6.07 Å². The molecule has 0 bridgehead atoms. The highest BCUT2D eigenvalue weighted by Gasteiger charge is 2.27. The Morgan fingerprint density at radius 2 is 2.10 bits per heavy atom. The number of benzene rings is 1. The van der Waals surface area contributed by atoms with Gasteiger partial charge in [0.1, 0.15) is 12.4 Å². The zero-order valence-electron chi connectivity index (χ0n) is 11.5. The molecule has 1 aliphatic rings. The van der Waals surface area contributed by atoms with E-state index in [9.17, 15) is 14.0 Å². The predicted molar refractivity (Wildman–Crippen MR) is 73.7 cm³/mol. The summed E-state index contributed by atoms with van der Waals surface area (Å²) in [4.78, 5) is 25.6. The molecular weight excluding hydrogens is 273 g/mol. The molecule has 2 rings (SSSR count). The molecule has 0 aromatic heterocycles. The summed E-state index contributed by atoms with van der Waals surface area (Å²) in [7, 11) is 0. The molecule has 0 saturated carbocycles. The predicted octanol–water partition coefficient (Wildman–Crippen LogP) is 1.32. The Labute approximate surface area is 122 Å². The molecule has 1 fully saturated rings. The summed E-state index contributed by atoms with van der Waals surface area (Å²) in [5.74, 6) is -0.971. The maximum atomic E-state index is 13.1. The van der Waals surface area contributed by atoms with E-state index in [0.29, 0.717) is 31.5 Å². The van der Waals surface area contributed by atoms with Gasteiger partial charge < -0.3 is 10.2 Å². The number of halogens is 1. The molecule has 21 heavy (non-hydrogen) atoms. The Kier molecular flexibility index (Phi) is 4.88. The van der Waals surface area contributed by atoms with Gasteiger partial charge in [-0.1, -0.05) is 6.07 Å². The van der Waals surface area contributed by atoms with Crippen LogP contribution in [0.4, 0.5) is 4.39 Å². The summed E-state index contributed by atoms with van der Waals surface area (Å²) in [6, 6.07) is 7.46. The third-order valence-electron chi connectivity index (χ3n) is 3.57. The Bertz CT molecular complexity index is 575. The fourth-order valence-corrected chi connectivity index (χ4v) is 2.42. The molecule has 0 unspecified atom stereocenters. The molecule has 110 valence electrons. The summed E-state index contributed by atoms with van der Waals surface area (Å²) in [5, 5.41) is 11.0. The van der Waals surface area contributed by atoms with Crippen molar-refractivity contribution in [3.05, 3.63) is 35.6 Å². The molecule has 1 saturated heterocycles. The lowest BCUT2D eigenvalue weighted by Crippen LogP contribution is -2.43. The monoisotopic (exact) mass is 289 g/mol. The summed E-state index contributed by atoms with van der Waals surface area (Å²) in [5.41, 5.74) is 0.322. The minimum Gasteiger partial charge on any atom is -0.343 e. The lowest BCUT2D eigenvalue weighted by atomic mass is 9.95. The van der Waals surface area contributed by atoms with E-state index in [1.54, 1.807) is 11.0 Å². The number of likely N-dealkylation sites (tertiary alicyclic amines) is 1. The third kappa shape index (κ3) is 3.78. The molecule has 6 heteroatoms. The van der Waals surface area contributed by atoms with E-state index in [1.807, 2.05) is 6.07 Å². The number of carbonyl (C=O) groups is 2. The van der Waals surface area contributed by atoms with E-state index >= 15 is 0 Å². The molecule has 1 aromatic rings. The fraction of sp³-hybridized carbons (Fsp3) is 0.400. The summed E-state index contributed by atoms with van der Waals surface area (Å²) >= 11 is 0. The number of piperidine rings is 1. The maximum absolute atomic E-state index is 13.1. The van der Waals surface area contributed by atoms with E-state index < -0.39 is 5.82 Å². The molecule has 1 aromatic carbocycles. The van der Waals surface area contributed by atoms with Crippen molar-refractivity contribution in [3.8, 4) is 6.07 Å². The molecule has 0 radical (unpaired) electrons. The zero-order chi connectivity index (χ0) is 15.2. The van der Waals surface area contributed by atoms with E-state index in [-0.39, 0.29) is 24.3 Å². The van der Waals surface area contributed by atoms with E-state index in [0.717, 1.165) is 0 Å². The molecule has 0 spiro atoms. The van der Waals surface area contributed by atoms with Gasteiger partial charge in [-0.3, -0.25) is 9.59 Å². The van der Waals surface area contributed by atoms with Crippen molar-refractivity contribution in [2.24, 2.45) is 5.92 Å². The normalized spacial score (nSPS) is 15.3. The number of nitrogens with zero attached hydrogens (tertiary/aromatic N) is 2. The van der Waals surface area contributed by atoms with Crippen molar-refractivity contribution < 1.29 is 14.0 Å². The van der Waals surface area contributed by atoms with Gasteiger partial charge in [-0.05, 0) is 31.0 Å². The second-order valence-corrected chi connectivity index (χ2v) is 4.95. The number of nitrogens with one attached hydrogen (secondary N) is 1. The first-order valence-electron chi connectivity index (χ1n) is 6.81. The number of nitriles is 1. The minimum absolute atomic E-state index is 0.00126. The Hall–Kier alpha value is -2.42. The fourth-order valence-electron chi connectivity index (χ4n) is 2.42. The van der Waals surface area contributed by atoms with Crippen molar-refractivity contribution >= 4 is 11.8 Å². The molecule has 0 atom stereocenters. The van der Waals surface area contributed by atoms with Crippen LogP contribution in [0.25, 0.3) is 0 Å². The van der Waals surface area contributed by atoms with Crippen LogP contribution in [0.2, 0.25) is 0 Å². The molecule has 1 aliphatic heterocycles. The average Bonchev–Trinajstić information content (AvgIpc) is 2.52. The maximum Gasteiger partial charge on any atom is 0.253 e. The van der Waals surface area contributed by atoms with Crippen LogP contribution < -0.4 is 5.32 Å². The summed E-state index contributed by atoms with van der Waals surface area (Å²) < 4.78 is 13.1. The van der Waals surface area contributed by atoms with Crippen molar-refractivity contribution in [2.75, 3.05) is 19.6 Å². The van der Waals surface area contributed by atoms with Gasteiger partial charge in [0.25, 0.3) is 5.91 Å². The minimum atomic E-state index is -0.438. The first-order chi connectivity index (χ1) is 10.1. The number of rotatable bonds is 3. The van der Waals surface area contributed by atoms with Crippen LogP contribution in [0.5, 0.6) is 0 Å². The van der Waals surface area contributed by atoms with Crippen molar-refractivity contribution in [1.82, 2.24) is 10.2 Å². The molecule has 2 amide bonds. The largest absolute Gasteiger partial charge is 0.343 e. The van der Waals surface area contributed by atoms with E-state index in [2.05, 4.69) is 5.32 Å². The van der Waals surface area contributed by atoms with Gasteiger partial charge in [0, 0.05) is 24.6 Å². The SMILES string of the molecule is N#CCNC(=O)C1CCN(C(=O)c2cccc(F)c2)CC1. The lowest BCUT2D eigenvalue weighted by molar-refractivity contribution is -0.126. The van der Waals surface area contributed by atoms with Crippen LogP contribution in [0.15, 0.2) is 24.3 Å². The Morgan fingerprint density at radius 3 is 2.71 bits per heavy atom. The summed E-state index contributed by atoms with van der Waals surface area (Å²) in [6.07, 6.45) is 1.11. The zero-order valence-corrected chi connectivity index (χ0v) is 11.5. The highest BCUT2D eigenvalue weighted by Crippen LogP contribution is 2.19. The van der Waals surface area contributed by atoms with E-state index in [4.69, 9.17) is 5.26 Å². The van der Waals surface area contributed by atoms with Crippen LogP contribution in [0, 0.1) is 23.1 Å². The molecular formula is C15H16FN3O2. The molecule has 1 heterocycles. The van der Waals surface area contributed by atoms with Crippen molar-refractivity contribution in [3.63, 3.8) is 0 Å². The highest BCUT2D eigenvalue weighted by atomic mass is 19.1. The van der Waals surface area contributed by atoms with Gasteiger partial charge in [0.2, 0.25) is 5.91 Å². The molecule has 0 aliphatic carbocycles. The van der Waals surface area contributed by atoms with Gasteiger partial charge in [-0.2, -0.15) is 5.26 Å². The third-order valence-corrected chi connectivity index (χ3v) is 3.57. The highest BCUT2D eigenvalue weighted by molar-refractivity contribution is 5.94. The van der Waals surface area contributed by atoms with Crippen molar-refractivity contribution in [1.29, 1.82) is 5.26 Å². The number of hydrogen-bond donors (Lipinski definition) is 1. The van der Waals surface area contributed by atoms with Crippen LogP contribution >= 0.6 is 0 Å². The second-order valence-electron chi connectivity index (χ2n) is 4.95. The lowest BCUT2D eigenvalue weighted by Gasteiger charge is -2.31. The number of carbonyl (C=O) groups excluding carboxylic acids is 2. The van der Waals surface area contributed by atoms with Crippen LogP contribution in [0.1, 0.15) is 23.2 Å². The first-order valence-corrected chi connectivity index (χ1v) is 6.81. The number of amides is 2. The smallest absolute Gasteiger partial charge is 0.253 e. The van der Waals surface area contributed by atoms with Crippen molar-refractivity contribution in [2.45, 2.75) is 12.8 Å². The average molecular weight is 289 g/mol. The topological polar surface area (TPSA) is 73.2 Å². The van der Waals surface area contributed by atoms with E-state index in [1.165, 1.54) is 18.2 Å².